The summed E-state index contributed by atoms with van der Waals surface area (Å²) in [4.78, 5) is 2.55. The minimum Gasteiger partial charge on any atom is -0.374 e. The van der Waals surface area contributed by atoms with Crippen molar-refractivity contribution in [1.29, 1.82) is 0 Å². The molecule has 104 valence electrons. The van der Waals surface area contributed by atoms with E-state index in [1.807, 2.05) is 6.07 Å². The van der Waals surface area contributed by atoms with E-state index >= 15 is 0 Å². The molecule has 0 aromatic heterocycles. The second-order valence-corrected chi connectivity index (χ2v) is 6.49. The molecule has 2 atom stereocenters. The van der Waals surface area contributed by atoms with Gasteiger partial charge < -0.3 is 10.5 Å². The predicted molar refractivity (Wildman–Crippen MR) is 80.4 cm³/mol. The number of ether oxygens (including phenoxy) is 1. The summed E-state index contributed by atoms with van der Waals surface area (Å²) < 4.78 is 6.79. The summed E-state index contributed by atoms with van der Waals surface area (Å²) in [6, 6.07) is 7.08. The van der Waals surface area contributed by atoms with Gasteiger partial charge in [0, 0.05) is 23.6 Å². The maximum atomic E-state index is 6.08. The van der Waals surface area contributed by atoms with Crippen LogP contribution < -0.4 is 5.73 Å². The maximum Gasteiger partial charge on any atom is 0.0894 e. The summed E-state index contributed by atoms with van der Waals surface area (Å²) in [7, 11) is 0. The predicted octanol–water partition coefficient (Wildman–Crippen LogP) is 2.97. The van der Waals surface area contributed by atoms with E-state index in [-0.39, 0.29) is 12.1 Å². The van der Waals surface area contributed by atoms with Gasteiger partial charge in [-0.1, -0.05) is 17.7 Å². The first-order valence-electron chi connectivity index (χ1n) is 6.73. The van der Waals surface area contributed by atoms with Gasteiger partial charge in [-0.3, -0.25) is 4.90 Å². The van der Waals surface area contributed by atoms with Gasteiger partial charge in [-0.25, -0.2) is 0 Å². The highest BCUT2D eigenvalue weighted by Gasteiger charge is 2.40. The van der Waals surface area contributed by atoms with E-state index < -0.39 is 0 Å². The van der Waals surface area contributed by atoms with Crippen LogP contribution >= 0.6 is 27.5 Å². The molecule has 0 amide bonds. The van der Waals surface area contributed by atoms with Crippen LogP contribution in [-0.4, -0.2) is 36.7 Å². The molecule has 1 aliphatic carbocycles. The third-order valence-electron chi connectivity index (χ3n) is 3.92. The lowest BCUT2D eigenvalue weighted by atomic mass is 9.97. The van der Waals surface area contributed by atoms with Gasteiger partial charge in [-0.2, -0.15) is 0 Å². The fraction of sp³-hybridized carbons (Fsp3) is 0.571. The summed E-state index contributed by atoms with van der Waals surface area (Å²) in [5.74, 6) is 0. The Labute approximate surface area is 127 Å². The minimum absolute atomic E-state index is 0.0717. The van der Waals surface area contributed by atoms with E-state index in [0.717, 1.165) is 22.6 Å². The highest BCUT2D eigenvalue weighted by molar-refractivity contribution is 9.10. The number of hydrogen-bond donors (Lipinski definition) is 1. The molecule has 1 aliphatic heterocycles. The normalized spacial score (nSPS) is 28.6. The van der Waals surface area contributed by atoms with E-state index in [2.05, 4.69) is 33.0 Å². The molecule has 0 bridgehead atoms. The molecule has 2 N–H and O–H groups in total. The van der Waals surface area contributed by atoms with Gasteiger partial charge in [0.1, 0.15) is 0 Å². The summed E-state index contributed by atoms with van der Waals surface area (Å²) in [5.41, 5.74) is 7.13. The minimum atomic E-state index is 0.0717. The Hall–Kier alpha value is -0.130. The standard InChI is InChI=1S/C14H18BrClN2O/c15-11-7-9(1-4-12(11)16)14-13(8-17)19-6-5-18(14)10-2-3-10/h1,4,7,10,13-14H,2-3,5-6,8,17H2. The van der Waals surface area contributed by atoms with Gasteiger partial charge in [0.05, 0.1) is 23.8 Å². The highest BCUT2D eigenvalue weighted by Crippen LogP contribution is 2.39. The van der Waals surface area contributed by atoms with Crippen molar-refractivity contribution in [3.8, 4) is 0 Å². The van der Waals surface area contributed by atoms with Crippen LogP contribution in [0.25, 0.3) is 0 Å². The van der Waals surface area contributed by atoms with Gasteiger partial charge in [-0.15, -0.1) is 0 Å². The van der Waals surface area contributed by atoms with Crippen LogP contribution in [-0.2, 0) is 4.74 Å². The van der Waals surface area contributed by atoms with Gasteiger partial charge in [-0.05, 0) is 46.5 Å². The van der Waals surface area contributed by atoms with Crippen molar-refractivity contribution in [2.24, 2.45) is 5.73 Å². The second-order valence-electron chi connectivity index (χ2n) is 5.23. The smallest absolute Gasteiger partial charge is 0.0894 e. The number of morpholine rings is 1. The Morgan fingerprint density at radius 2 is 2.21 bits per heavy atom. The number of rotatable bonds is 3. The Morgan fingerprint density at radius 1 is 1.42 bits per heavy atom. The molecule has 5 heteroatoms. The van der Waals surface area contributed by atoms with Crippen LogP contribution in [0.4, 0.5) is 0 Å². The molecule has 1 aromatic rings. The first kappa shape index (κ1) is 13.8. The quantitative estimate of drug-likeness (QED) is 0.915. The Kier molecular flexibility index (Phi) is 4.15. The average Bonchev–Trinajstić information content (AvgIpc) is 3.25. The molecule has 0 radical (unpaired) electrons. The second kappa shape index (κ2) is 5.70. The number of nitrogens with zero attached hydrogens (tertiary/aromatic N) is 1. The van der Waals surface area contributed by atoms with Crippen LogP contribution in [0.1, 0.15) is 24.4 Å². The summed E-state index contributed by atoms with van der Waals surface area (Å²) in [6.07, 6.45) is 2.66. The Bertz CT molecular complexity index is 467. The molecule has 3 nitrogen and oxygen atoms in total. The molecule has 19 heavy (non-hydrogen) atoms. The molecule has 2 unspecified atom stereocenters. The Morgan fingerprint density at radius 3 is 2.84 bits per heavy atom. The van der Waals surface area contributed by atoms with Gasteiger partial charge in [0.25, 0.3) is 0 Å². The van der Waals surface area contributed by atoms with Crippen LogP contribution in [0.5, 0.6) is 0 Å². The SMILES string of the molecule is NCC1OCCN(C2CC2)C1c1ccc(Cl)c(Br)c1. The van der Waals surface area contributed by atoms with Crippen molar-refractivity contribution in [2.45, 2.75) is 31.0 Å². The number of nitrogens with two attached hydrogens (primary N) is 1. The first-order valence-corrected chi connectivity index (χ1v) is 7.90. The molecule has 1 saturated carbocycles. The molecule has 1 heterocycles. The van der Waals surface area contributed by atoms with Crippen molar-refractivity contribution in [3.05, 3.63) is 33.3 Å². The molecule has 3 rings (SSSR count). The molecular weight excluding hydrogens is 328 g/mol. The fourth-order valence-electron chi connectivity index (χ4n) is 2.87. The topological polar surface area (TPSA) is 38.5 Å². The van der Waals surface area contributed by atoms with Crippen molar-refractivity contribution < 1.29 is 4.74 Å². The molecule has 2 aliphatic rings. The van der Waals surface area contributed by atoms with Crippen molar-refractivity contribution in [1.82, 2.24) is 4.90 Å². The zero-order valence-electron chi connectivity index (χ0n) is 10.7. The Balaban J connectivity index is 1.93. The lowest BCUT2D eigenvalue weighted by molar-refractivity contribution is -0.0712. The van der Waals surface area contributed by atoms with E-state index in [0.29, 0.717) is 12.6 Å². The average molecular weight is 346 g/mol. The number of benzene rings is 1. The maximum absolute atomic E-state index is 6.08. The van der Waals surface area contributed by atoms with Gasteiger partial charge >= 0.3 is 0 Å². The summed E-state index contributed by atoms with van der Waals surface area (Å²) in [6.45, 7) is 2.32. The van der Waals surface area contributed by atoms with Crippen molar-refractivity contribution in [2.75, 3.05) is 19.7 Å². The van der Waals surface area contributed by atoms with Crippen LogP contribution in [0.15, 0.2) is 22.7 Å². The largest absolute Gasteiger partial charge is 0.374 e. The first-order chi connectivity index (χ1) is 9.20. The van der Waals surface area contributed by atoms with Crippen molar-refractivity contribution in [3.63, 3.8) is 0 Å². The fourth-order valence-corrected chi connectivity index (χ4v) is 3.38. The molecular formula is C14H18BrClN2O. The highest BCUT2D eigenvalue weighted by atomic mass is 79.9. The van der Waals surface area contributed by atoms with Crippen molar-refractivity contribution >= 4 is 27.5 Å². The number of halogens is 2. The third kappa shape index (κ3) is 2.83. The monoisotopic (exact) mass is 344 g/mol. The molecule has 2 fully saturated rings. The van der Waals surface area contributed by atoms with Crippen LogP contribution in [0.3, 0.4) is 0 Å². The van der Waals surface area contributed by atoms with Gasteiger partial charge in [0.15, 0.2) is 0 Å². The van der Waals surface area contributed by atoms with Crippen LogP contribution in [0.2, 0.25) is 5.02 Å². The molecule has 1 saturated heterocycles. The molecule has 0 spiro atoms. The summed E-state index contributed by atoms with van der Waals surface area (Å²) in [5, 5.41) is 0.739. The lowest BCUT2D eigenvalue weighted by Gasteiger charge is -2.41. The molecule has 1 aromatic carbocycles. The van der Waals surface area contributed by atoms with E-state index in [9.17, 15) is 0 Å². The van der Waals surface area contributed by atoms with Gasteiger partial charge in [0.2, 0.25) is 0 Å². The van der Waals surface area contributed by atoms with E-state index in [1.165, 1.54) is 18.4 Å². The number of hydrogen-bond acceptors (Lipinski definition) is 3. The summed E-state index contributed by atoms with van der Waals surface area (Å²) >= 11 is 9.59. The van der Waals surface area contributed by atoms with E-state index in [1.54, 1.807) is 0 Å². The van der Waals surface area contributed by atoms with E-state index in [4.69, 9.17) is 22.1 Å². The zero-order valence-corrected chi connectivity index (χ0v) is 13.0. The van der Waals surface area contributed by atoms with Crippen LogP contribution in [0, 0.1) is 0 Å². The zero-order chi connectivity index (χ0) is 13.4. The third-order valence-corrected chi connectivity index (χ3v) is 5.14. The lowest BCUT2D eigenvalue weighted by Crippen LogP contribution is -2.49.